The third-order valence-electron chi connectivity index (χ3n) is 9.40. The molecular weight excluding hydrogens is 556 g/mol. The number of carbonyl (C=O) groups excluding carboxylic acids is 2. The Hall–Kier alpha value is -3.88. The minimum absolute atomic E-state index is 0.0441. The molecular formula is C35H46N4O5. The molecule has 5 rings (SSSR count). The molecule has 1 aromatic carbocycles. The fraction of sp³-hybridized carbons (Fsp3) is 0.543. The second-order valence-corrected chi connectivity index (χ2v) is 12.7. The van der Waals surface area contributed by atoms with Crippen molar-refractivity contribution in [2.24, 2.45) is 11.8 Å². The maximum absolute atomic E-state index is 13.8. The van der Waals surface area contributed by atoms with Crippen LogP contribution in [0.1, 0.15) is 106 Å². The average molecular weight is 603 g/mol. The Morgan fingerprint density at radius 3 is 2.34 bits per heavy atom. The van der Waals surface area contributed by atoms with Gasteiger partial charge in [0, 0.05) is 35.1 Å². The van der Waals surface area contributed by atoms with E-state index in [1.165, 1.54) is 7.11 Å². The molecule has 44 heavy (non-hydrogen) atoms. The summed E-state index contributed by atoms with van der Waals surface area (Å²) in [5.74, 6) is 2.43. The molecule has 2 saturated carbocycles. The van der Waals surface area contributed by atoms with Crippen molar-refractivity contribution in [3.63, 3.8) is 0 Å². The standard InChI is InChI=1S/C35H46N4O5/c1-21(2)34-38-30(20-44-34)26-7-6-8-27(19-26)32(39-33(40)25-13-15-28(16-14-25)37-35(41)43-5)24-11-9-23(10-12-24)29-17-18-31(42-4)22(3)36-29/h6-8,17-21,23-25,28,32H,9-16H2,1-5H3,(H,37,41)(H,39,40). The lowest BCUT2D eigenvalue weighted by Gasteiger charge is -2.36. The number of hydrogen-bond donors (Lipinski definition) is 2. The number of carbonyl (C=O) groups is 2. The van der Waals surface area contributed by atoms with Gasteiger partial charge in [-0.2, -0.15) is 0 Å². The maximum Gasteiger partial charge on any atom is 0.407 e. The average Bonchev–Trinajstić information content (AvgIpc) is 3.55. The molecule has 236 valence electrons. The molecule has 2 aliphatic carbocycles. The predicted molar refractivity (Wildman–Crippen MR) is 168 cm³/mol. The first kappa shape index (κ1) is 31.5. The Morgan fingerprint density at radius 1 is 0.955 bits per heavy atom. The summed E-state index contributed by atoms with van der Waals surface area (Å²) in [5, 5.41) is 6.38. The normalized spacial score (nSPS) is 22.7. The van der Waals surface area contributed by atoms with Gasteiger partial charge < -0.3 is 24.5 Å². The zero-order chi connectivity index (χ0) is 31.2. The number of aryl methyl sites for hydroxylation is 1. The number of amides is 2. The highest BCUT2D eigenvalue weighted by Crippen LogP contribution is 2.42. The third-order valence-corrected chi connectivity index (χ3v) is 9.40. The van der Waals surface area contributed by atoms with Crippen LogP contribution in [0, 0.1) is 18.8 Å². The van der Waals surface area contributed by atoms with Crippen molar-refractivity contribution in [2.75, 3.05) is 14.2 Å². The van der Waals surface area contributed by atoms with E-state index >= 15 is 0 Å². The molecule has 2 heterocycles. The second kappa shape index (κ2) is 14.3. The van der Waals surface area contributed by atoms with Crippen LogP contribution in [0.25, 0.3) is 11.3 Å². The van der Waals surface area contributed by atoms with E-state index in [1.807, 2.05) is 19.1 Å². The summed E-state index contributed by atoms with van der Waals surface area (Å²) in [4.78, 5) is 35.0. The van der Waals surface area contributed by atoms with Gasteiger partial charge in [0.1, 0.15) is 17.7 Å². The Morgan fingerprint density at radius 2 is 1.70 bits per heavy atom. The number of oxazole rings is 1. The summed E-state index contributed by atoms with van der Waals surface area (Å²) >= 11 is 0. The molecule has 9 nitrogen and oxygen atoms in total. The van der Waals surface area contributed by atoms with Gasteiger partial charge >= 0.3 is 6.09 Å². The summed E-state index contributed by atoms with van der Waals surface area (Å²) in [7, 11) is 3.05. The van der Waals surface area contributed by atoms with E-state index in [0.717, 1.165) is 85.3 Å². The van der Waals surface area contributed by atoms with Crippen LogP contribution in [-0.4, -0.2) is 42.2 Å². The number of methoxy groups -OCH3 is 2. The number of nitrogens with one attached hydrogen (secondary N) is 2. The highest BCUT2D eigenvalue weighted by Gasteiger charge is 2.34. The van der Waals surface area contributed by atoms with Gasteiger partial charge in [0.05, 0.1) is 26.0 Å². The van der Waals surface area contributed by atoms with Crippen molar-refractivity contribution in [3.8, 4) is 17.0 Å². The highest BCUT2D eigenvalue weighted by atomic mass is 16.5. The van der Waals surface area contributed by atoms with Crippen LogP contribution in [0.3, 0.4) is 0 Å². The molecule has 0 aliphatic heterocycles. The number of benzene rings is 1. The van der Waals surface area contributed by atoms with Crippen molar-refractivity contribution in [3.05, 3.63) is 65.5 Å². The first-order valence-corrected chi connectivity index (χ1v) is 16.0. The smallest absolute Gasteiger partial charge is 0.407 e. The fourth-order valence-electron chi connectivity index (χ4n) is 6.81. The molecule has 0 radical (unpaired) electrons. The minimum Gasteiger partial charge on any atom is -0.495 e. The van der Waals surface area contributed by atoms with Gasteiger partial charge in [0.2, 0.25) is 5.91 Å². The summed E-state index contributed by atoms with van der Waals surface area (Å²) < 4.78 is 15.9. The van der Waals surface area contributed by atoms with E-state index in [0.29, 0.717) is 17.7 Å². The number of aromatic nitrogens is 2. The quantitative estimate of drug-likeness (QED) is 0.266. The zero-order valence-corrected chi connectivity index (χ0v) is 26.6. The molecule has 2 amide bonds. The van der Waals surface area contributed by atoms with Crippen LogP contribution in [0.15, 0.2) is 47.1 Å². The topological polar surface area (TPSA) is 116 Å². The van der Waals surface area contributed by atoms with Crippen molar-refractivity contribution in [1.29, 1.82) is 0 Å². The lowest BCUT2D eigenvalue weighted by molar-refractivity contribution is -0.127. The third kappa shape index (κ3) is 7.42. The molecule has 1 unspecified atom stereocenters. The molecule has 9 heteroatoms. The summed E-state index contributed by atoms with van der Waals surface area (Å²) in [6.45, 7) is 6.12. The van der Waals surface area contributed by atoms with Crippen LogP contribution in [0.2, 0.25) is 0 Å². The second-order valence-electron chi connectivity index (χ2n) is 12.7. The van der Waals surface area contributed by atoms with E-state index in [1.54, 1.807) is 13.4 Å². The number of rotatable bonds is 9. The van der Waals surface area contributed by atoms with Gasteiger partial charge in [0.15, 0.2) is 5.89 Å². The molecule has 2 fully saturated rings. The van der Waals surface area contributed by atoms with Gasteiger partial charge in [-0.25, -0.2) is 9.78 Å². The van der Waals surface area contributed by atoms with Gasteiger partial charge in [-0.3, -0.25) is 9.78 Å². The number of ether oxygens (including phenoxy) is 2. The monoisotopic (exact) mass is 602 g/mol. The van der Waals surface area contributed by atoms with Crippen LogP contribution in [0.5, 0.6) is 5.75 Å². The Balaban J connectivity index is 1.33. The van der Waals surface area contributed by atoms with Crippen molar-refractivity contribution in [1.82, 2.24) is 20.6 Å². The Labute approximate surface area is 260 Å². The summed E-state index contributed by atoms with van der Waals surface area (Å²) in [6.07, 6.45) is 8.31. The summed E-state index contributed by atoms with van der Waals surface area (Å²) in [5.41, 5.74) is 4.92. The highest BCUT2D eigenvalue weighted by molar-refractivity contribution is 5.79. The largest absolute Gasteiger partial charge is 0.495 e. The van der Waals surface area contributed by atoms with Gasteiger partial charge in [-0.1, -0.05) is 32.0 Å². The first-order chi connectivity index (χ1) is 21.2. The Bertz CT molecular complexity index is 1420. The lowest BCUT2D eigenvalue weighted by atomic mass is 9.75. The maximum atomic E-state index is 13.8. The molecule has 1 atom stereocenters. The molecule has 0 saturated heterocycles. The summed E-state index contributed by atoms with van der Waals surface area (Å²) in [6, 6.07) is 12.4. The van der Waals surface area contributed by atoms with Crippen LogP contribution in [0.4, 0.5) is 4.79 Å². The molecule has 2 aliphatic rings. The fourth-order valence-corrected chi connectivity index (χ4v) is 6.81. The van der Waals surface area contributed by atoms with E-state index in [4.69, 9.17) is 23.9 Å². The van der Waals surface area contributed by atoms with E-state index in [2.05, 4.69) is 48.7 Å². The minimum atomic E-state index is -0.416. The number of hydrogen-bond acceptors (Lipinski definition) is 7. The van der Waals surface area contributed by atoms with Crippen molar-refractivity contribution >= 4 is 12.0 Å². The van der Waals surface area contributed by atoms with Gasteiger partial charge in [-0.15, -0.1) is 0 Å². The molecule has 3 aromatic rings. The predicted octanol–water partition coefficient (Wildman–Crippen LogP) is 7.22. The van der Waals surface area contributed by atoms with E-state index < -0.39 is 6.09 Å². The molecule has 0 spiro atoms. The lowest BCUT2D eigenvalue weighted by Crippen LogP contribution is -2.43. The van der Waals surface area contributed by atoms with E-state index in [-0.39, 0.29) is 29.8 Å². The van der Waals surface area contributed by atoms with Crippen molar-refractivity contribution < 1.29 is 23.5 Å². The van der Waals surface area contributed by atoms with Gasteiger partial charge in [-0.05, 0) is 88.0 Å². The number of nitrogens with zero attached hydrogens (tertiary/aromatic N) is 2. The first-order valence-electron chi connectivity index (χ1n) is 16.0. The van der Waals surface area contributed by atoms with Crippen LogP contribution >= 0.6 is 0 Å². The van der Waals surface area contributed by atoms with Crippen molar-refractivity contribution in [2.45, 2.75) is 96.1 Å². The molecule has 2 aromatic heterocycles. The zero-order valence-electron chi connectivity index (χ0n) is 26.6. The molecule has 2 N–H and O–H groups in total. The molecule has 0 bridgehead atoms. The SMILES string of the molecule is COC(=O)NC1CCC(C(=O)NC(c2cccc(-c3coc(C(C)C)n3)c2)C2CCC(c3ccc(OC)c(C)n3)CC2)CC1. The number of pyridine rings is 1. The van der Waals surface area contributed by atoms with Gasteiger partial charge in [0.25, 0.3) is 0 Å². The number of alkyl carbamates (subject to hydrolysis) is 1. The van der Waals surface area contributed by atoms with Crippen LogP contribution < -0.4 is 15.4 Å². The Kier molecular flexibility index (Phi) is 10.2. The van der Waals surface area contributed by atoms with Crippen LogP contribution in [-0.2, 0) is 9.53 Å². The van der Waals surface area contributed by atoms with E-state index in [9.17, 15) is 9.59 Å².